The summed E-state index contributed by atoms with van der Waals surface area (Å²) in [5.41, 5.74) is 20.9. The SMILES string of the molecule is CNc1ccc(C2=CCN(C(=N)N)CC2)cc1.NC(N)=NCc1ccc(NC(=O)C23CCC(C=O)(CC2)C3)cc1. The molecule has 1 heterocycles. The van der Waals surface area contributed by atoms with Crippen molar-refractivity contribution < 1.29 is 9.59 Å². The van der Waals surface area contributed by atoms with Gasteiger partial charge in [0.1, 0.15) is 6.29 Å². The fourth-order valence-electron chi connectivity index (χ4n) is 5.86. The lowest BCUT2D eigenvalue weighted by molar-refractivity contribution is -0.125. The molecule has 2 bridgehead atoms. The highest BCUT2D eigenvalue weighted by atomic mass is 16.2. The summed E-state index contributed by atoms with van der Waals surface area (Å²) in [6.07, 6.45) is 8.13. The molecule has 2 aromatic carbocycles. The maximum Gasteiger partial charge on any atom is 0.230 e. The number of anilines is 2. The number of carbonyl (C=O) groups excluding carboxylic acids is 2. The maximum atomic E-state index is 12.7. The van der Waals surface area contributed by atoms with Gasteiger partial charge in [-0.3, -0.25) is 10.2 Å². The molecule has 1 aliphatic heterocycles. The summed E-state index contributed by atoms with van der Waals surface area (Å²) in [7, 11) is 1.92. The van der Waals surface area contributed by atoms with Crippen LogP contribution in [0.1, 0.15) is 49.7 Å². The van der Waals surface area contributed by atoms with Crippen LogP contribution in [0, 0.1) is 16.2 Å². The Kier molecular flexibility index (Phi) is 8.77. The molecular weight excluding hydrogens is 504 g/mol. The molecule has 10 nitrogen and oxygen atoms in total. The number of nitrogens with two attached hydrogens (primary N) is 3. The molecule has 5 rings (SSSR count). The lowest BCUT2D eigenvalue weighted by Crippen LogP contribution is -2.39. The van der Waals surface area contributed by atoms with Gasteiger partial charge in [-0.15, -0.1) is 0 Å². The van der Waals surface area contributed by atoms with Gasteiger partial charge in [-0.2, -0.15) is 0 Å². The number of aldehydes is 1. The number of benzene rings is 2. The van der Waals surface area contributed by atoms with E-state index in [4.69, 9.17) is 22.6 Å². The van der Waals surface area contributed by atoms with E-state index >= 15 is 0 Å². The molecule has 0 radical (unpaired) electrons. The fraction of sp³-hybridized carbons (Fsp3) is 0.400. The summed E-state index contributed by atoms with van der Waals surface area (Å²) in [5.74, 6) is 0.254. The quantitative estimate of drug-likeness (QED) is 0.176. The Labute approximate surface area is 235 Å². The monoisotopic (exact) mass is 544 g/mol. The summed E-state index contributed by atoms with van der Waals surface area (Å²) in [5, 5.41) is 13.5. The van der Waals surface area contributed by atoms with E-state index in [0.29, 0.717) is 13.0 Å². The molecule has 0 atom stereocenters. The molecule has 9 N–H and O–H groups in total. The van der Waals surface area contributed by atoms with Crippen LogP contribution in [-0.2, 0) is 16.1 Å². The smallest absolute Gasteiger partial charge is 0.230 e. The summed E-state index contributed by atoms with van der Waals surface area (Å²) in [4.78, 5) is 29.8. The van der Waals surface area contributed by atoms with Crippen LogP contribution in [-0.4, -0.2) is 49.1 Å². The fourth-order valence-corrected chi connectivity index (χ4v) is 5.86. The van der Waals surface area contributed by atoms with Gasteiger partial charge in [0.05, 0.1) is 12.0 Å². The van der Waals surface area contributed by atoms with E-state index in [1.54, 1.807) is 0 Å². The average Bonchev–Trinajstić information content (AvgIpc) is 3.56. The minimum absolute atomic E-state index is 0.0377. The van der Waals surface area contributed by atoms with Crippen LogP contribution in [0.4, 0.5) is 11.4 Å². The van der Waals surface area contributed by atoms with Gasteiger partial charge < -0.3 is 37.5 Å². The molecule has 1 amide bonds. The van der Waals surface area contributed by atoms with Crippen molar-refractivity contribution in [1.82, 2.24) is 4.90 Å². The van der Waals surface area contributed by atoms with Crippen LogP contribution in [0.3, 0.4) is 0 Å². The largest absolute Gasteiger partial charge is 0.388 e. The van der Waals surface area contributed by atoms with Crippen LogP contribution < -0.4 is 27.8 Å². The van der Waals surface area contributed by atoms with E-state index < -0.39 is 0 Å². The third kappa shape index (κ3) is 6.62. The van der Waals surface area contributed by atoms with Gasteiger partial charge in [0, 0.05) is 36.9 Å². The molecule has 40 heavy (non-hydrogen) atoms. The van der Waals surface area contributed by atoms with Crippen molar-refractivity contribution in [2.45, 2.75) is 45.1 Å². The van der Waals surface area contributed by atoms with Gasteiger partial charge in [0.15, 0.2) is 11.9 Å². The Morgan fingerprint density at radius 1 is 1.02 bits per heavy atom. The number of nitrogens with zero attached hydrogens (tertiary/aromatic N) is 2. The molecule has 2 fully saturated rings. The Bertz CT molecular complexity index is 1270. The minimum atomic E-state index is -0.363. The molecule has 0 unspecified atom stereocenters. The first-order valence-corrected chi connectivity index (χ1v) is 13.7. The second kappa shape index (κ2) is 12.2. The second-order valence-corrected chi connectivity index (χ2v) is 11.0. The molecule has 2 aliphatic carbocycles. The predicted octanol–water partition coefficient (Wildman–Crippen LogP) is 3.26. The molecule has 0 aromatic heterocycles. The van der Waals surface area contributed by atoms with Gasteiger partial charge in [0.2, 0.25) is 5.91 Å². The number of amides is 1. The number of nitrogens with one attached hydrogen (secondary N) is 3. The Hall–Kier alpha value is -4.34. The average molecular weight is 545 g/mol. The number of carbonyl (C=O) groups is 2. The maximum absolute atomic E-state index is 12.7. The summed E-state index contributed by atoms with van der Waals surface area (Å²) >= 11 is 0. The van der Waals surface area contributed by atoms with E-state index in [-0.39, 0.29) is 28.7 Å². The van der Waals surface area contributed by atoms with Crippen LogP contribution >= 0.6 is 0 Å². The standard InChI is InChI=1S/C17H22N4O2.C13H18N4/c18-15(19)20-9-12-1-3-13(4-2-12)21-14(23)17-7-5-16(10-17,11-22)6-8-17;1-16-12-4-2-10(3-5-12)11-6-8-17(9-7-11)13(14)15/h1-4,11H,5-10H2,(H,21,23)(H4,18,19,20);2-6,16H,7-9H2,1H3,(H3,14,15). The highest BCUT2D eigenvalue weighted by Crippen LogP contribution is 2.60. The number of hydrogen-bond acceptors (Lipinski definition) is 5. The first-order chi connectivity index (χ1) is 19.2. The van der Waals surface area contributed by atoms with Crippen molar-refractivity contribution in [2.75, 3.05) is 30.8 Å². The highest BCUT2D eigenvalue weighted by Gasteiger charge is 2.57. The number of guanidine groups is 2. The van der Waals surface area contributed by atoms with Gasteiger partial charge in [-0.1, -0.05) is 30.3 Å². The minimum Gasteiger partial charge on any atom is -0.388 e. The number of hydrogen-bond donors (Lipinski definition) is 6. The summed E-state index contributed by atoms with van der Waals surface area (Å²) in [6, 6.07) is 15.9. The lowest BCUT2D eigenvalue weighted by Gasteiger charge is -2.26. The zero-order chi connectivity index (χ0) is 28.8. The van der Waals surface area contributed by atoms with Gasteiger partial charge in [-0.05, 0) is 79.5 Å². The molecule has 0 spiro atoms. The van der Waals surface area contributed by atoms with E-state index in [0.717, 1.165) is 68.4 Å². The van der Waals surface area contributed by atoms with E-state index in [9.17, 15) is 9.59 Å². The Morgan fingerprint density at radius 3 is 2.17 bits per heavy atom. The van der Waals surface area contributed by atoms with Gasteiger partial charge in [-0.25, -0.2) is 4.99 Å². The summed E-state index contributed by atoms with van der Waals surface area (Å²) < 4.78 is 0. The van der Waals surface area contributed by atoms with Crippen molar-refractivity contribution in [1.29, 1.82) is 5.41 Å². The first-order valence-electron chi connectivity index (χ1n) is 13.7. The number of rotatable bonds is 7. The van der Waals surface area contributed by atoms with Crippen molar-refractivity contribution in [2.24, 2.45) is 33.0 Å². The Balaban J connectivity index is 0.000000194. The van der Waals surface area contributed by atoms with E-state index in [2.05, 4.69) is 46.0 Å². The van der Waals surface area contributed by atoms with Gasteiger partial charge >= 0.3 is 0 Å². The third-order valence-corrected chi connectivity index (χ3v) is 8.38. The normalized spacial score (nSPS) is 22.8. The third-order valence-electron chi connectivity index (χ3n) is 8.38. The van der Waals surface area contributed by atoms with Crippen molar-refractivity contribution in [3.05, 3.63) is 65.7 Å². The Morgan fingerprint density at radius 2 is 1.68 bits per heavy atom. The van der Waals surface area contributed by atoms with Crippen LogP contribution in [0.2, 0.25) is 0 Å². The van der Waals surface area contributed by atoms with Gasteiger partial charge in [0.25, 0.3) is 0 Å². The summed E-state index contributed by atoms with van der Waals surface area (Å²) in [6.45, 7) is 1.98. The van der Waals surface area contributed by atoms with Crippen molar-refractivity contribution >= 4 is 41.1 Å². The molecule has 2 saturated carbocycles. The lowest BCUT2D eigenvalue weighted by atomic mass is 9.82. The van der Waals surface area contributed by atoms with E-state index in [1.165, 1.54) is 11.1 Å². The van der Waals surface area contributed by atoms with Crippen LogP contribution in [0.15, 0.2) is 59.6 Å². The van der Waals surface area contributed by atoms with Crippen LogP contribution in [0.25, 0.3) is 5.57 Å². The molecule has 0 saturated heterocycles. The zero-order valence-electron chi connectivity index (χ0n) is 23.1. The molecule has 10 heteroatoms. The highest BCUT2D eigenvalue weighted by molar-refractivity contribution is 5.96. The molecule has 2 aromatic rings. The molecule has 212 valence electrons. The van der Waals surface area contributed by atoms with Crippen LogP contribution in [0.5, 0.6) is 0 Å². The van der Waals surface area contributed by atoms with Crippen molar-refractivity contribution in [3.63, 3.8) is 0 Å². The number of fused-ring (bicyclic) bond motifs is 2. The van der Waals surface area contributed by atoms with Crippen molar-refractivity contribution in [3.8, 4) is 0 Å². The number of aliphatic imine (C=N–C) groups is 1. The van der Waals surface area contributed by atoms with E-state index in [1.807, 2.05) is 36.2 Å². The molecule has 3 aliphatic rings. The molecular formula is C30H40N8O2. The first kappa shape index (κ1) is 28.7. The predicted molar refractivity (Wildman–Crippen MR) is 161 cm³/mol. The second-order valence-electron chi connectivity index (χ2n) is 11.0. The topological polar surface area (TPSA) is 176 Å². The zero-order valence-corrected chi connectivity index (χ0v) is 23.1.